The second-order valence-corrected chi connectivity index (χ2v) is 3.62. The van der Waals surface area contributed by atoms with Crippen LogP contribution in [0.3, 0.4) is 0 Å². The van der Waals surface area contributed by atoms with Crippen molar-refractivity contribution in [2.75, 3.05) is 0 Å². The number of aromatic nitrogens is 1. The number of nitrogens with zero attached hydrogens (tertiary/aromatic N) is 1. The van der Waals surface area contributed by atoms with E-state index in [4.69, 9.17) is 0 Å². The summed E-state index contributed by atoms with van der Waals surface area (Å²) < 4.78 is 13.1. The molecule has 0 saturated carbocycles. The molecular weight excluding hydrogens is 179 g/mol. The van der Waals surface area contributed by atoms with Crippen molar-refractivity contribution in [2.45, 2.75) is 39.8 Å². The molecule has 0 aliphatic rings. The van der Waals surface area contributed by atoms with Gasteiger partial charge in [0.1, 0.15) is 5.82 Å². The molecule has 0 amide bonds. The van der Waals surface area contributed by atoms with Crippen molar-refractivity contribution >= 4 is 0 Å². The van der Waals surface area contributed by atoms with Crippen LogP contribution >= 0.6 is 0 Å². The number of rotatable bonds is 4. The normalized spacial score (nSPS) is 10.9. The third-order valence-electron chi connectivity index (χ3n) is 2.00. The van der Waals surface area contributed by atoms with Gasteiger partial charge in [-0.05, 0) is 18.6 Å². The summed E-state index contributed by atoms with van der Waals surface area (Å²) in [5.41, 5.74) is 1.45. The molecule has 78 valence electrons. The smallest absolute Gasteiger partial charge is 0.144 e. The first-order valence-electron chi connectivity index (χ1n) is 5.01. The monoisotopic (exact) mass is 196 g/mol. The average molecular weight is 196 g/mol. The Morgan fingerprint density at radius 3 is 2.71 bits per heavy atom. The second-order valence-electron chi connectivity index (χ2n) is 3.62. The van der Waals surface area contributed by atoms with Gasteiger partial charge in [0, 0.05) is 12.6 Å². The number of pyridine rings is 1. The number of halogens is 1. The maximum atomic E-state index is 13.1. The van der Waals surface area contributed by atoms with E-state index in [1.807, 2.05) is 6.92 Å². The minimum Gasteiger partial charge on any atom is -0.309 e. The summed E-state index contributed by atoms with van der Waals surface area (Å²) >= 11 is 0. The van der Waals surface area contributed by atoms with Gasteiger partial charge in [-0.1, -0.05) is 20.8 Å². The second kappa shape index (κ2) is 5.05. The van der Waals surface area contributed by atoms with Crippen LogP contribution in [0.15, 0.2) is 12.1 Å². The van der Waals surface area contributed by atoms with E-state index in [1.54, 1.807) is 6.07 Å². The molecule has 0 spiro atoms. The fraction of sp³-hybridized carbons (Fsp3) is 0.545. The Morgan fingerprint density at radius 1 is 1.43 bits per heavy atom. The molecule has 0 fully saturated rings. The lowest BCUT2D eigenvalue weighted by atomic mass is 10.2. The molecule has 0 unspecified atom stereocenters. The van der Waals surface area contributed by atoms with Gasteiger partial charge in [-0.15, -0.1) is 0 Å². The molecule has 3 heteroatoms. The van der Waals surface area contributed by atoms with Gasteiger partial charge < -0.3 is 5.32 Å². The highest BCUT2D eigenvalue weighted by Gasteiger charge is 2.03. The van der Waals surface area contributed by atoms with Crippen molar-refractivity contribution in [3.8, 4) is 0 Å². The summed E-state index contributed by atoms with van der Waals surface area (Å²) in [5, 5.41) is 3.25. The highest BCUT2D eigenvalue weighted by molar-refractivity contribution is 5.13. The predicted molar refractivity (Wildman–Crippen MR) is 55.5 cm³/mol. The molecule has 1 heterocycles. The first kappa shape index (κ1) is 11.1. The van der Waals surface area contributed by atoms with Crippen LogP contribution in [-0.2, 0) is 13.0 Å². The summed E-state index contributed by atoms with van der Waals surface area (Å²) in [6.07, 6.45) is 0.640. The van der Waals surface area contributed by atoms with Crippen LogP contribution in [0.1, 0.15) is 32.2 Å². The van der Waals surface area contributed by atoms with E-state index < -0.39 is 0 Å². The fourth-order valence-electron chi connectivity index (χ4n) is 1.18. The standard InChI is InChI=1S/C11H17FN2/c1-4-11-10(12)6-5-9(14-11)7-13-8(2)3/h5-6,8,13H,4,7H2,1-3H3. The van der Waals surface area contributed by atoms with Crippen molar-refractivity contribution in [3.05, 3.63) is 29.3 Å². The van der Waals surface area contributed by atoms with Gasteiger partial charge in [-0.3, -0.25) is 4.98 Å². The molecule has 0 saturated heterocycles. The molecule has 0 aliphatic carbocycles. The van der Waals surface area contributed by atoms with Gasteiger partial charge in [-0.25, -0.2) is 4.39 Å². The van der Waals surface area contributed by atoms with Gasteiger partial charge in [0.15, 0.2) is 0 Å². The number of nitrogens with one attached hydrogen (secondary N) is 1. The van der Waals surface area contributed by atoms with Gasteiger partial charge in [0.05, 0.1) is 11.4 Å². The zero-order valence-corrected chi connectivity index (χ0v) is 8.97. The molecule has 14 heavy (non-hydrogen) atoms. The Hall–Kier alpha value is -0.960. The first-order chi connectivity index (χ1) is 6.63. The van der Waals surface area contributed by atoms with E-state index in [1.165, 1.54) is 6.07 Å². The van der Waals surface area contributed by atoms with Crippen LogP contribution in [0.4, 0.5) is 4.39 Å². The van der Waals surface area contributed by atoms with Crippen molar-refractivity contribution in [1.82, 2.24) is 10.3 Å². The number of hydrogen-bond acceptors (Lipinski definition) is 2. The van der Waals surface area contributed by atoms with Crippen molar-refractivity contribution in [3.63, 3.8) is 0 Å². The first-order valence-corrected chi connectivity index (χ1v) is 5.01. The zero-order chi connectivity index (χ0) is 10.6. The van der Waals surface area contributed by atoms with Gasteiger partial charge in [0.2, 0.25) is 0 Å². The molecule has 0 aliphatic heterocycles. The van der Waals surface area contributed by atoms with Crippen LogP contribution in [0.5, 0.6) is 0 Å². The Morgan fingerprint density at radius 2 is 2.14 bits per heavy atom. The molecule has 0 aromatic carbocycles. The number of hydrogen-bond donors (Lipinski definition) is 1. The van der Waals surface area contributed by atoms with E-state index in [-0.39, 0.29) is 5.82 Å². The lowest BCUT2D eigenvalue weighted by molar-refractivity contribution is 0.568. The molecule has 1 N–H and O–H groups in total. The predicted octanol–water partition coefficient (Wildman–Crippen LogP) is 2.28. The van der Waals surface area contributed by atoms with Crippen molar-refractivity contribution < 1.29 is 4.39 Å². The number of aryl methyl sites for hydroxylation is 1. The van der Waals surface area contributed by atoms with Crippen molar-refractivity contribution in [2.24, 2.45) is 0 Å². The topological polar surface area (TPSA) is 24.9 Å². The SMILES string of the molecule is CCc1nc(CNC(C)C)ccc1F. The Balaban J connectivity index is 2.69. The van der Waals surface area contributed by atoms with E-state index >= 15 is 0 Å². The molecular formula is C11H17FN2. The summed E-state index contributed by atoms with van der Waals surface area (Å²) in [6.45, 7) is 6.75. The Labute approximate surface area is 84.6 Å². The fourth-order valence-corrected chi connectivity index (χ4v) is 1.18. The van der Waals surface area contributed by atoms with Crippen LogP contribution < -0.4 is 5.32 Å². The lowest BCUT2D eigenvalue weighted by Gasteiger charge is -2.08. The van der Waals surface area contributed by atoms with E-state index in [0.29, 0.717) is 24.7 Å². The van der Waals surface area contributed by atoms with Crippen LogP contribution in [0, 0.1) is 5.82 Å². The molecule has 0 bridgehead atoms. The maximum Gasteiger partial charge on any atom is 0.144 e. The summed E-state index contributed by atoms with van der Waals surface area (Å²) in [5.74, 6) is -0.208. The summed E-state index contributed by atoms with van der Waals surface area (Å²) in [4.78, 5) is 4.23. The van der Waals surface area contributed by atoms with E-state index in [0.717, 1.165) is 5.69 Å². The highest BCUT2D eigenvalue weighted by Crippen LogP contribution is 2.06. The molecule has 1 aromatic heterocycles. The van der Waals surface area contributed by atoms with Crippen LogP contribution in [0.2, 0.25) is 0 Å². The minimum atomic E-state index is -0.208. The molecule has 1 rings (SSSR count). The van der Waals surface area contributed by atoms with Gasteiger partial charge in [-0.2, -0.15) is 0 Å². The highest BCUT2D eigenvalue weighted by atomic mass is 19.1. The Kier molecular flexibility index (Phi) is 4.01. The Bertz CT molecular complexity index is 297. The van der Waals surface area contributed by atoms with E-state index in [9.17, 15) is 4.39 Å². The quantitative estimate of drug-likeness (QED) is 0.799. The maximum absolute atomic E-state index is 13.1. The average Bonchev–Trinajstić information content (AvgIpc) is 2.16. The van der Waals surface area contributed by atoms with E-state index in [2.05, 4.69) is 24.1 Å². The lowest BCUT2D eigenvalue weighted by Crippen LogP contribution is -2.22. The largest absolute Gasteiger partial charge is 0.309 e. The summed E-state index contributed by atoms with van der Waals surface area (Å²) in [6, 6.07) is 3.64. The van der Waals surface area contributed by atoms with Gasteiger partial charge in [0.25, 0.3) is 0 Å². The minimum absolute atomic E-state index is 0.208. The third-order valence-corrected chi connectivity index (χ3v) is 2.00. The molecule has 0 radical (unpaired) electrons. The third kappa shape index (κ3) is 3.07. The molecule has 1 aromatic rings. The zero-order valence-electron chi connectivity index (χ0n) is 8.97. The summed E-state index contributed by atoms with van der Waals surface area (Å²) in [7, 11) is 0. The van der Waals surface area contributed by atoms with Crippen LogP contribution in [0.25, 0.3) is 0 Å². The molecule has 0 atom stereocenters. The molecule has 2 nitrogen and oxygen atoms in total. The van der Waals surface area contributed by atoms with Gasteiger partial charge >= 0.3 is 0 Å². The van der Waals surface area contributed by atoms with Crippen LogP contribution in [-0.4, -0.2) is 11.0 Å². The van der Waals surface area contributed by atoms with Crippen molar-refractivity contribution in [1.29, 1.82) is 0 Å².